The van der Waals surface area contributed by atoms with E-state index in [2.05, 4.69) is 15.6 Å². The summed E-state index contributed by atoms with van der Waals surface area (Å²) in [6.45, 7) is 0.550. The second-order valence-electron chi connectivity index (χ2n) is 3.12. The number of hydrogen-bond acceptors (Lipinski definition) is 3. The summed E-state index contributed by atoms with van der Waals surface area (Å²) >= 11 is 1.62. The summed E-state index contributed by atoms with van der Waals surface area (Å²) in [6.07, 6.45) is 3.27. The highest BCUT2D eigenvalue weighted by Gasteiger charge is 2.01. The maximum atomic E-state index is 11.5. The average molecular weight is 233 g/mol. The van der Waals surface area contributed by atoms with Gasteiger partial charge in [0.05, 0.1) is 6.54 Å². The molecule has 0 fully saturated rings. The molecule has 2 aromatic heterocycles. The minimum atomic E-state index is -0.209. The molecule has 2 amide bonds. The summed E-state index contributed by atoms with van der Waals surface area (Å²) in [6, 6.07) is 7.22. The van der Waals surface area contributed by atoms with Crippen molar-refractivity contribution >= 4 is 23.1 Å². The van der Waals surface area contributed by atoms with E-state index in [9.17, 15) is 4.79 Å². The van der Waals surface area contributed by atoms with Crippen LogP contribution >= 0.6 is 11.3 Å². The molecule has 0 aliphatic carbocycles. The van der Waals surface area contributed by atoms with Gasteiger partial charge in [-0.1, -0.05) is 6.07 Å². The van der Waals surface area contributed by atoms with Gasteiger partial charge in [-0.05, 0) is 23.6 Å². The Bertz CT molecular complexity index is 442. The molecule has 0 bridgehead atoms. The van der Waals surface area contributed by atoms with Crippen LogP contribution in [0.15, 0.2) is 42.0 Å². The van der Waals surface area contributed by atoms with E-state index >= 15 is 0 Å². The summed E-state index contributed by atoms with van der Waals surface area (Å²) in [7, 11) is 0. The van der Waals surface area contributed by atoms with E-state index in [0.717, 1.165) is 10.6 Å². The van der Waals surface area contributed by atoms with Crippen LogP contribution in [0, 0.1) is 0 Å². The highest BCUT2D eigenvalue weighted by Crippen LogP contribution is 2.08. The normalized spacial score (nSPS) is 9.75. The molecule has 0 aromatic carbocycles. The van der Waals surface area contributed by atoms with Crippen molar-refractivity contribution in [3.63, 3.8) is 0 Å². The molecule has 0 spiro atoms. The number of rotatable bonds is 3. The van der Waals surface area contributed by atoms with Crippen LogP contribution in [0.1, 0.15) is 4.88 Å². The Morgan fingerprint density at radius 3 is 2.81 bits per heavy atom. The van der Waals surface area contributed by atoms with Crippen LogP contribution in [0.25, 0.3) is 0 Å². The number of thiophene rings is 1. The van der Waals surface area contributed by atoms with Gasteiger partial charge in [-0.3, -0.25) is 4.98 Å². The van der Waals surface area contributed by atoms with Crippen molar-refractivity contribution in [2.24, 2.45) is 0 Å². The first-order valence-electron chi connectivity index (χ1n) is 4.82. The van der Waals surface area contributed by atoms with Crippen LogP contribution in [0.5, 0.6) is 0 Å². The van der Waals surface area contributed by atoms with Crippen molar-refractivity contribution in [3.8, 4) is 0 Å². The van der Waals surface area contributed by atoms with Gasteiger partial charge in [0.1, 0.15) is 0 Å². The number of nitrogens with one attached hydrogen (secondary N) is 2. The zero-order valence-corrected chi connectivity index (χ0v) is 9.33. The predicted octanol–water partition coefficient (Wildman–Crippen LogP) is 2.46. The second kappa shape index (κ2) is 5.27. The van der Waals surface area contributed by atoms with Gasteiger partial charge in [0.2, 0.25) is 0 Å². The smallest absolute Gasteiger partial charge is 0.319 e. The SMILES string of the molecule is O=C(NCc1cccs1)Nc1ccncc1. The lowest BCUT2D eigenvalue weighted by Gasteiger charge is -2.05. The van der Waals surface area contributed by atoms with Crippen molar-refractivity contribution in [3.05, 3.63) is 46.9 Å². The van der Waals surface area contributed by atoms with Gasteiger partial charge in [-0.15, -0.1) is 11.3 Å². The predicted molar refractivity (Wildman–Crippen MR) is 64.4 cm³/mol. The fourth-order valence-corrected chi connectivity index (χ4v) is 1.84. The molecule has 5 heteroatoms. The fourth-order valence-electron chi connectivity index (χ4n) is 1.19. The Morgan fingerprint density at radius 2 is 2.12 bits per heavy atom. The van der Waals surface area contributed by atoms with E-state index in [0.29, 0.717) is 6.54 Å². The first-order valence-corrected chi connectivity index (χ1v) is 5.70. The molecule has 16 heavy (non-hydrogen) atoms. The van der Waals surface area contributed by atoms with E-state index in [4.69, 9.17) is 0 Å². The molecule has 0 saturated heterocycles. The quantitative estimate of drug-likeness (QED) is 0.855. The molecule has 2 N–H and O–H groups in total. The third kappa shape index (κ3) is 3.06. The summed E-state index contributed by atoms with van der Waals surface area (Å²) in [5, 5.41) is 7.48. The number of hydrogen-bond donors (Lipinski definition) is 2. The van der Waals surface area contributed by atoms with Crippen LogP contribution in [-0.2, 0) is 6.54 Å². The standard InChI is InChI=1S/C11H11N3OS/c15-11(13-8-10-2-1-7-16-10)14-9-3-5-12-6-4-9/h1-7H,8H2,(H2,12,13,14,15). The van der Waals surface area contributed by atoms with Crippen LogP contribution in [0.2, 0.25) is 0 Å². The molecule has 0 unspecified atom stereocenters. The maximum Gasteiger partial charge on any atom is 0.319 e. The number of nitrogens with zero attached hydrogens (tertiary/aromatic N) is 1. The van der Waals surface area contributed by atoms with Crippen molar-refractivity contribution < 1.29 is 4.79 Å². The molecule has 82 valence electrons. The summed E-state index contributed by atoms with van der Waals surface area (Å²) in [5.74, 6) is 0. The molecule has 0 aliphatic rings. The minimum Gasteiger partial charge on any atom is -0.333 e. The number of anilines is 1. The molecule has 2 heterocycles. The number of pyridine rings is 1. The molecule has 2 aromatic rings. The first kappa shape index (κ1) is 10.6. The van der Waals surface area contributed by atoms with Gasteiger partial charge in [-0.2, -0.15) is 0 Å². The highest BCUT2D eigenvalue weighted by molar-refractivity contribution is 7.09. The Labute approximate surface area is 97.3 Å². The number of aromatic nitrogens is 1. The Balaban J connectivity index is 1.81. The molecule has 0 atom stereocenters. The number of amides is 2. The van der Waals surface area contributed by atoms with Crippen molar-refractivity contribution in [1.29, 1.82) is 0 Å². The lowest BCUT2D eigenvalue weighted by Crippen LogP contribution is -2.27. The van der Waals surface area contributed by atoms with Gasteiger partial charge in [0.15, 0.2) is 0 Å². The first-order chi connectivity index (χ1) is 7.84. The lowest BCUT2D eigenvalue weighted by atomic mass is 10.4. The van der Waals surface area contributed by atoms with Gasteiger partial charge < -0.3 is 10.6 Å². The highest BCUT2D eigenvalue weighted by atomic mass is 32.1. The number of urea groups is 1. The van der Waals surface area contributed by atoms with Crippen molar-refractivity contribution in [1.82, 2.24) is 10.3 Å². The van der Waals surface area contributed by atoms with Crippen molar-refractivity contribution in [2.45, 2.75) is 6.54 Å². The van der Waals surface area contributed by atoms with Crippen LogP contribution in [0.3, 0.4) is 0 Å². The third-order valence-electron chi connectivity index (χ3n) is 1.94. The topological polar surface area (TPSA) is 54.0 Å². The van der Waals surface area contributed by atoms with Crippen LogP contribution < -0.4 is 10.6 Å². The van der Waals surface area contributed by atoms with Crippen molar-refractivity contribution in [2.75, 3.05) is 5.32 Å². The van der Waals surface area contributed by atoms with E-state index in [1.165, 1.54) is 0 Å². The zero-order valence-electron chi connectivity index (χ0n) is 8.51. The minimum absolute atomic E-state index is 0.209. The fraction of sp³-hybridized carbons (Fsp3) is 0.0909. The van der Waals surface area contributed by atoms with E-state index < -0.39 is 0 Å². The Morgan fingerprint density at radius 1 is 1.31 bits per heavy atom. The van der Waals surface area contributed by atoms with Gasteiger partial charge in [0.25, 0.3) is 0 Å². The monoisotopic (exact) mass is 233 g/mol. The Hall–Kier alpha value is -1.88. The molecule has 0 saturated carbocycles. The van der Waals surface area contributed by atoms with Gasteiger partial charge >= 0.3 is 6.03 Å². The summed E-state index contributed by atoms with van der Waals surface area (Å²) < 4.78 is 0. The molecule has 0 aliphatic heterocycles. The maximum absolute atomic E-state index is 11.5. The molecular weight excluding hydrogens is 222 g/mol. The third-order valence-corrected chi connectivity index (χ3v) is 2.82. The van der Waals surface area contributed by atoms with Crippen LogP contribution in [-0.4, -0.2) is 11.0 Å². The van der Waals surface area contributed by atoms with E-state index in [1.807, 2.05) is 17.5 Å². The second-order valence-corrected chi connectivity index (χ2v) is 4.16. The van der Waals surface area contributed by atoms with Gasteiger partial charge in [0, 0.05) is 23.0 Å². The largest absolute Gasteiger partial charge is 0.333 e. The number of carbonyl (C=O) groups excluding carboxylic acids is 1. The van der Waals surface area contributed by atoms with E-state index in [1.54, 1.807) is 35.9 Å². The molecule has 2 rings (SSSR count). The van der Waals surface area contributed by atoms with Crippen LogP contribution in [0.4, 0.5) is 10.5 Å². The molecule has 4 nitrogen and oxygen atoms in total. The summed E-state index contributed by atoms with van der Waals surface area (Å²) in [4.78, 5) is 16.5. The Kier molecular flexibility index (Phi) is 3.50. The number of carbonyl (C=O) groups is 1. The lowest BCUT2D eigenvalue weighted by molar-refractivity contribution is 0.252. The molecular formula is C11H11N3OS. The van der Waals surface area contributed by atoms with Gasteiger partial charge in [-0.25, -0.2) is 4.79 Å². The van der Waals surface area contributed by atoms with E-state index in [-0.39, 0.29) is 6.03 Å². The molecule has 0 radical (unpaired) electrons. The zero-order chi connectivity index (χ0) is 11.2. The summed E-state index contributed by atoms with van der Waals surface area (Å²) in [5.41, 5.74) is 0.735. The average Bonchev–Trinajstić information content (AvgIpc) is 2.81.